The molecule has 18 heavy (non-hydrogen) atoms. The summed E-state index contributed by atoms with van der Waals surface area (Å²) in [5, 5.41) is 16.0. The maximum atomic E-state index is 12.2. The first-order valence-electron chi connectivity index (χ1n) is 7.40. The quantitative estimate of drug-likeness (QED) is 0.709. The zero-order valence-electron chi connectivity index (χ0n) is 11.3. The molecule has 2 aliphatic rings. The highest BCUT2D eigenvalue weighted by atomic mass is 16.3. The van der Waals surface area contributed by atoms with E-state index in [1.54, 1.807) is 0 Å². The molecule has 2 fully saturated rings. The molecule has 0 aromatic carbocycles. The number of carbonyl (C=O) groups excluding carboxylic acids is 1. The molecule has 2 rings (SSSR count). The van der Waals surface area contributed by atoms with Crippen molar-refractivity contribution in [2.75, 3.05) is 6.54 Å². The summed E-state index contributed by atoms with van der Waals surface area (Å²) in [6, 6.07) is 0.146. The summed E-state index contributed by atoms with van der Waals surface area (Å²) in [4.78, 5) is 12.2. The van der Waals surface area contributed by atoms with Crippen LogP contribution in [0.25, 0.3) is 0 Å². The molecule has 4 nitrogen and oxygen atoms in total. The highest BCUT2D eigenvalue weighted by Crippen LogP contribution is 2.21. The standard InChI is InChI=1S/C14H26N2O2/c1-2-10-6-7-15-13(8-10)14(18)16-11-4-3-5-12(17)9-11/h10-13,15,17H,2-9H2,1H3,(H,16,18). The highest BCUT2D eigenvalue weighted by Gasteiger charge is 2.28. The van der Waals surface area contributed by atoms with Crippen LogP contribution in [0.5, 0.6) is 0 Å². The summed E-state index contributed by atoms with van der Waals surface area (Å²) in [5.74, 6) is 0.811. The molecule has 0 aromatic rings. The lowest BCUT2D eigenvalue weighted by Crippen LogP contribution is -2.52. The van der Waals surface area contributed by atoms with Gasteiger partial charge in [0.05, 0.1) is 12.1 Å². The second-order valence-corrected chi connectivity index (χ2v) is 5.83. The Balaban J connectivity index is 1.79. The Hall–Kier alpha value is -0.610. The Morgan fingerprint density at radius 1 is 1.33 bits per heavy atom. The fourth-order valence-corrected chi connectivity index (χ4v) is 3.16. The predicted molar refractivity (Wildman–Crippen MR) is 71.2 cm³/mol. The number of amides is 1. The summed E-state index contributed by atoms with van der Waals surface area (Å²) >= 11 is 0. The summed E-state index contributed by atoms with van der Waals surface area (Å²) in [6.07, 6.45) is 6.69. The van der Waals surface area contributed by atoms with Crippen molar-refractivity contribution in [3.63, 3.8) is 0 Å². The first-order chi connectivity index (χ1) is 8.69. The van der Waals surface area contributed by atoms with E-state index in [9.17, 15) is 9.90 Å². The number of hydrogen-bond acceptors (Lipinski definition) is 3. The third-order valence-electron chi connectivity index (χ3n) is 4.40. The van der Waals surface area contributed by atoms with Crippen LogP contribution in [-0.2, 0) is 4.79 Å². The van der Waals surface area contributed by atoms with Gasteiger partial charge in [0.2, 0.25) is 5.91 Å². The van der Waals surface area contributed by atoms with Gasteiger partial charge in [-0.05, 0) is 51.0 Å². The van der Waals surface area contributed by atoms with Crippen LogP contribution in [0.3, 0.4) is 0 Å². The second-order valence-electron chi connectivity index (χ2n) is 5.83. The Bertz CT molecular complexity index is 283. The lowest BCUT2D eigenvalue weighted by molar-refractivity contribution is -0.125. The molecule has 1 saturated heterocycles. The molecule has 0 aromatic heterocycles. The van der Waals surface area contributed by atoms with Crippen molar-refractivity contribution in [3.05, 3.63) is 0 Å². The molecular weight excluding hydrogens is 228 g/mol. The van der Waals surface area contributed by atoms with E-state index in [4.69, 9.17) is 0 Å². The van der Waals surface area contributed by atoms with Gasteiger partial charge in [-0.15, -0.1) is 0 Å². The first kappa shape index (κ1) is 13.8. The van der Waals surface area contributed by atoms with Crippen molar-refractivity contribution >= 4 is 5.91 Å². The van der Waals surface area contributed by atoms with Gasteiger partial charge in [0.15, 0.2) is 0 Å². The number of aliphatic hydroxyl groups excluding tert-OH is 1. The largest absolute Gasteiger partial charge is 0.393 e. The van der Waals surface area contributed by atoms with Gasteiger partial charge in [-0.3, -0.25) is 4.79 Å². The Morgan fingerprint density at radius 3 is 2.89 bits per heavy atom. The van der Waals surface area contributed by atoms with E-state index >= 15 is 0 Å². The smallest absolute Gasteiger partial charge is 0.237 e. The average Bonchev–Trinajstić information content (AvgIpc) is 2.39. The number of piperidine rings is 1. The second kappa shape index (κ2) is 6.53. The van der Waals surface area contributed by atoms with Crippen molar-refractivity contribution in [3.8, 4) is 0 Å². The Kier molecular flexibility index (Phi) is 5.01. The van der Waals surface area contributed by atoms with Crippen molar-refractivity contribution < 1.29 is 9.90 Å². The van der Waals surface area contributed by atoms with Crippen molar-refractivity contribution in [2.24, 2.45) is 5.92 Å². The topological polar surface area (TPSA) is 61.4 Å². The molecule has 0 radical (unpaired) electrons. The van der Waals surface area contributed by atoms with Crippen LogP contribution in [0.2, 0.25) is 0 Å². The molecule has 3 N–H and O–H groups in total. The van der Waals surface area contributed by atoms with E-state index in [0.717, 1.165) is 45.1 Å². The highest BCUT2D eigenvalue weighted by molar-refractivity contribution is 5.82. The SMILES string of the molecule is CCC1CCNC(C(=O)NC2CCCC(O)C2)C1. The molecule has 104 valence electrons. The normalized spacial score (nSPS) is 37.2. The Morgan fingerprint density at radius 2 is 2.17 bits per heavy atom. The van der Waals surface area contributed by atoms with Crippen LogP contribution >= 0.6 is 0 Å². The number of hydrogen-bond donors (Lipinski definition) is 3. The van der Waals surface area contributed by atoms with Crippen molar-refractivity contribution in [2.45, 2.75) is 70.1 Å². The van der Waals surface area contributed by atoms with E-state index in [0.29, 0.717) is 5.92 Å². The van der Waals surface area contributed by atoms with E-state index in [2.05, 4.69) is 17.6 Å². The van der Waals surface area contributed by atoms with Crippen LogP contribution in [0, 0.1) is 5.92 Å². The van der Waals surface area contributed by atoms with Gasteiger partial charge >= 0.3 is 0 Å². The van der Waals surface area contributed by atoms with Gasteiger partial charge in [-0.1, -0.05) is 13.3 Å². The van der Waals surface area contributed by atoms with E-state index in [-0.39, 0.29) is 24.1 Å². The third kappa shape index (κ3) is 3.69. The molecule has 1 amide bonds. The van der Waals surface area contributed by atoms with Gasteiger partial charge in [0, 0.05) is 6.04 Å². The summed E-state index contributed by atoms with van der Waals surface area (Å²) in [5.41, 5.74) is 0. The minimum atomic E-state index is -0.230. The number of carbonyl (C=O) groups is 1. The van der Waals surface area contributed by atoms with Crippen LogP contribution < -0.4 is 10.6 Å². The minimum absolute atomic E-state index is 0.0252. The molecule has 0 spiro atoms. The van der Waals surface area contributed by atoms with Gasteiger partial charge in [0.25, 0.3) is 0 Å². The zero-order valence-corrected chi connectivity index (χ0v) is 11.3. The zero-order chi connectivity index (χ0) is 13.0. The van der Waals surface area contributed by atoms with E-state index in [1.165, 1.54) is 6.42 Å². The van der Waals surface area contributed by atoms with Crippen molar-refractivity contribution in [1.29, 1.82) is 0 Å². The van der Waals surface area contributed by atoms with Crippen LogP contribution in [-0.4, -0.2) is 35.7 Å². The van der Waals surface area contributed by atoms with Gasteiger partial charge < -0.3 is 15.7 Å². The Labute approximate surface area is 110 Å². The van der Waals surface area contributed by atoms with Crippen LogP contribution in [0.15, 0.2) is 0 Å². The maximum absolute atomic E-state index is 12.2. The monoisotopic (exact) mass is 254 g/mol. The van der Waals surface area contributed by atoms with E-state index < -0.39 is 0 Å². The van der Waals surface area contributed by atoms with Gasteiger partial charge in [-0.2, -0.15) is 0 Å². The van der Waals surface area contributed by atoms with Gasteiger partial charge in [0.1, 0.15) is 0 Å². The molecule has 1 aliphatic heterocycles. The molecule has 4 unspecified atom stereocenters. The van der Waals surface area contributed by atoms with Gasteiger partial charge in [-0.25, -0.2) is 0 Å². The number of nitrogens with one attached hydrogen (secondary N) is 2. The minimum Gasteiger partial charge on any atom is -0.393 e. The predicted octanol–water partition coefficient (Wildman–Crippen LogP) is 1.18. The molecule has 4 heteroatoms. The fraction of sp³-hybridized carbons (Fsp3) is 0.929. The molecule has 0 bridgehead atoms. The summed E-state index contributed by atoms with van der Waals surface area (Å²) in [6.45, 7) is 3.15. The molecular formula is C14H26N2O2. The van der Waals surface area contributed by atoms with Crippen LogP contribution in [0.1, 0.15) is 51.9 Å². The summed E-state index contributed by atoms with van der Waals surface area (Å²) < 4.78 is 0. The molecule has 1 aliphatic carbocycles. The lowest BCUT2D eigenvalue weighted by atomic mass is 9.89. The fourth-order valence-electron chi connectivity index (χ4n) is 3.16. The lowest BCUT2D eigenvalue weighted by Gasteiger charge is -2.32. The molecule has 4 atom stereocenters. The third-order valence-corrected chi connectivity index (χ3v) is 4.40. The van der Waals surface area contributed by atoms with Crippen LogP contribution in [0.4, 0.5) is 0 Å². The number of rotatable bonds is 3. The summed E-state index contributed by atoms with van der Waals surface area (Å²) in [7, 11) is 0. The maximum Gasteiger partial charge on any atom is 0.237 e. The number of aliphatic hydroxyl groups is 1. The van der Waals surface area contributed by atoms with Crippen molar-refractivity contribution in [1.82, 2.24) is 10.6 Å². The molecule has 1 heterocycles. The average molecular weight is 254 g/mol. The van der Waals surface area contributed by atoms with E-state index in [1.807, 2.05) is 0 Å². The molecule has 1 saturated carbocycles. The first-order valence-corrected chi connectivity index (χ1v) is 7.40.